The third-order valence-electron chi connectivity index (χ3n) is 4.51. The molecule has 0 amide bonds. The van der Waals surface area contributed by atoms with Gasteiger partial charge in [0, 0.05) is 10.5 Å². The lowest BCUT2D eigenvalue weighted by molar-refractivity contribution is 0.337. The van der Waals surface area contributed by atoms with E-state index in [-0.39, 0.29) is 0 Å². The van der Waals surface area contributed by atoms with Crippen LogP contribution in [0.25, 0.3) is 0 Å². The average Bonchev–Trinajstić information content (AvgIpc) is 3.26. The van der Waals surface area contributed by atoms with Gasteiger partial charge in [-0.1, -0.05) is 54.8 Å². The Morgan fingerprint density at radius 1 is 1.20 bits per heavy atom. The second-order valence-corrected chi connectivity index (χ2v) is 7.22. The molecule has 0 aromatic heterocycles. The molecule has 0 bridgehead atoms. The minimum absolute atomic E-state index is 0.773. The van der Waals surface area contributed by atoms with Crippen LogP contribution in [0.2, 0.25) is 0 Å². The number of nitrogens with one attached hydrogen (secondary N) is 1. The van der Waals surface area contributed by atoms with Gasteiger partial charge in [0.05, 0.1) is 0 Å². The SMILES string of the molecule is CCC(CC)CC(CNC1CC1)Cc1cccc(Br)c1. The van der Waals surface area contributed by atoms with Crippen molar-refractivity contribution in [3.05, 3.63) is 34.3 Å². The normalized spacial score (nSPS) is 16.6. The van der Waals surface area contributed by atoms with Gasteiger partial charge in [0.25, 0.3) is 0 Å². The van der Waals surface area contributed by atoms with Crippen LogP contribution in [0.15, 0.2) is 28.7 Å². The van der Waals surface area contributed by atoms with Gasteiger partial charge < -0.3 is 5.32 Å². The summed E-state index contributed by atoms with van der Waals surface area (Å²) in [6.45, 7) is 5.85. The highest BCUT2D eigenvalue weighted by molar-refractivity contribution is 9.10. The van der Waals surface area contributed by atoms with Crippen LogP contribution in [-0.4, -0.2) is 12.6 Å². The fourth-order valence-electron chi connectivity index (χ4n) is 2.95. The molecule has 2 heteroatoms. The maximum atomic E-state index is 3.73. The quantitative estimate of drug-likeness (QED) is 0.654. The Morgan fingerprint density at radius 2 is 1.95 bits per heavy atom. The van der Waals surface area contributed by atoms with Crippen molar-refractivity contribution in [2.45, 2.75) is 58.4 Å². The van der Waals surface area contributed by atoms with E-state index in [1.807, 2.05) is 0 Å². The van der Waals surface area contributed by atoms with E-state index < -0.39 is 0 Å². The second kappa shape index (κ2) is 8.19. The molecule has 1 unspecified atom stereocenters. The van der Waals surface area contributed by atoms with Crippen molar-refractivity contribution in [3.63, 3.8) is 0 Å². The third-order valence-corrected chi connectivity index (χ3v) is 5.00. The fourth-order valence-corrected chi connectivity index (χ4v) is 3.40. The average molecular weight is 338 g/mol. The molecule has 0 spiro atoms. The number of benzene rings is 1. The molecular formula is C18H28BrN. The lowest BCUT2D eigenvalue weighted by Gasteiger charge is -2.23. The van der Waals surface area contributed by atoms with Gasteiger partial charge in [-0.25, -0.2) is 0 Å². The summed E-state index contributed by atoms with van der Waals surface area (Å²) in [5.41, 5.74) is 1.47. The number of rotatable bonds is 9. The third kappa shape index (κ3) is 5.57. The molecule has 1 aliphatic carbocycles. The summed E-state index contributed by atoms with van der Waals surface area (Å²) in [4.78, 5) is 0. The van der Waals surface area contributed by atoms with Gasteiger partial charge in [0.15, 0.2) is 0 Å². The zero-order valence-electron chi connectivity index (χ0n) is 12.9. The number of hydrogen-bond donors (Lipinski definition) is 1. The first-order valence-corrected chi connectivity index (χ1v) is 8.98. The van der Waals surface area contributed by atoms with Gasteiger partial charge in [0.1, 0.15) is 0 Å². The van der Waals surface area contributed by atoms with E-state index >= 15 is 0 Å². The minimum Gasteiger partial charge on any atom is -0.314 e. The van der Waals surface area contributed by atoms with Crippen LogP contribution in [0, 0.1) is 11.8 Å². The maximum absolute atomic E-state index is 3.73. The molecule has 1 atom stereocenters. The Labute approximate surface area is 132 Å². The minimum atomic E-state index is 0.773. The summed E-state index contributed by atoms with van der Waals surface area (Å²) in [6, 6.07) is 9.63. The second-order valence-electron chi connectivity index (χ2n) is 6.30. The Kier molecular flexibility index (Phi) is 6.57. The Hall–Kier alpha value is -0.340. The molecule has 1 aliphatic rings. The molecular weight excluding hydrogens is 310 g/mol. The highest BCUT2D eigenvalue weighted by Crippen LogP contribution is 2.25. The van der Waals surface area contributed by atoms with E-state index in [1.165, 1.54) is 55.1 Å². The molecule has 0 saturated heterocycles. The first-order chi connectivity index (χ1) is 9.71. The van der Waals surface area contributed by atoms with Crippen molar-refractivity contribution >= 4 is 15.9 Å². The van der Waals surface area contributed by atoms with E-state index in [1.54, 1.807) is 0 Å². The van der Waals surface area contributed by atoms with Crippen molar-refractivity contribution in [1.82, 2.24) is 5.32 Å². The molecule has 1 fully saturated rings. The van der Waals surface area contributed by atoms with Crippen molar-refractivity contribution in [2.24, 2.45) is 11.8 Å². The molecule has 1 nitrogen and oxygen atoms in total. The first kappa shape index (κ1) is 16.0. The van der Waals surface area contributed by atoms with Crippen LogP contribution in [0.5, 0.6) is 0 Å². The van der Waals surface area contributed by atoms with Crippen LogP contribution in [0.1, 0.15) is 51.5 Å². The zero-order chi connectivity index (χ0) is 14.4. The molecule has 1 N–H and O–H groups in total. The van der Waals surface area contributed by atoms with E-state index in [2.05, 4.69) is 59.4 Å². The van der Waals surface area contributed by atoms with Crippen LogP contribution >= 0.6 is 15.9 Å². The zero-order valence-corrected chi connectivity index (χ0v) is 14.5. The summed E-state index contributed by atoms with van der Waals surface area (Å²) < 4.78 is 1.20. The van der Waals surface area contributed by atoms with Crippen LogP contribution < -0.4 is 5.32 Å². The monoisotopic (exact) mass is 337 g/mol. The molecule has 0 heterocycles. The highest BCUT2D eigenvalue weighted by atomic mass is 79.9. The van der Waals surface area contributed by atoms with Crippen LogP contribution in [0.3, 0.4) is 0 Å². The predicted octanol–water partition coefficient (Wildman–Crippen LogP) is 5.19. The van der Waals surface area contributed by atoms with E-state index in [4.69, 9.17) is 0 Å². The largest absolute Gasteiger partial charge is 0.314 e. The fraction of sp³-hybridized carbons (Fsp3) is 0.667. The lowest BCUT2D eigenvalue weighted by atomic mass is 9.86. The molecule has 112 valence electrons. The molecule has 20 heavy (non-hydrogen) atoms. The number of halogens is 1. The van der Waals surface area contributed by atoms with Gasteiger partial charge >= 0.3 is 0 Å². The Morgan fingerprint density at radius 3 is 2.55 bits per heavy atom. The van der Waals surface area contributed by atoms with E-state index in [0.717, 1.165) is 17.9 Å². The van der Waals surface area contributed by atoms with Crippen molar-refractivity contribution in [2.75, 3.05) is 6.54 Å². The van der Waals surface area contributed by atoms with Crippen molar-refractivity contribution in [3.8, 4) is 0 Å². The molecule has 1 aromatic carbocycles. The summed E-state index contributed by atoms with van der Waals surface area (Å²) in [6.07, 6.45) is 7.96. The summed E-state index contributed by atoms with van der Waals surface area (Å²) in [7, 11) is 0. The van der Waals surface area contributed by atoms with Gasteiger partial charge in [-0.15, -0.1) is 0 Å². The standard InChI is InChI=1S/C18H28BrN/c1-3-14(4-2)10-16(13-20-18-8-9-18)11-15-6-5-7-17(19)12-15/h5-7,12,14,16,18,20H,3-4,8-11,13H2,1-2H3. The lowest BCUT2D eigenvalue weighted by Crippen LogP contribution is -2.27. The van der Waals surface area contributed by atoms with Gasteiger partial charge in [-0.2, -0.15) is 0 Å². The molecule has 0 aliphatic heterocycles. The topological polar surface area (TPSA) is 12.0 Å². The molecule has 0 radical (unpaired) electrons. The summed E-state index contributed by atoms with van der Waals surface area (Å²) in [5.74, 6) is 1.66. The van der Waals surface area contributed by atoms with Crippen molar-refractivity contribution < 1.29 is 0 Å². The van der Waals surface area contributed by atoms with Crippen molar-refractivity contribution in [1.29, 1.82) is 0 Å². The summed E-state index contributed by atoms with van der Waals surface area (Å²) in [5, 5.41) is 3.73. The molecule has 1 saturated carbocycles. The maximum Gasteiger partial charge on any atom is 0.0177 e. The molecule has 1 aromatic rings. The van der Waals surface area contributed by atoms with Gasteiger partial charge in [0.2, 0.25) is 0 Å². The first-order valence-electron chi connectivity index (χ1n) is 8.19. The number of hydrogen-bond acceptors (Lipinski definition) is 1. The Bertz CT molecular complexity index is 396. The van der Waals surface area contributed by atoms with Gasteiger partial charge in [-0.3, -0.25) is 0 Å². The predicted molar refractivity (Wildman–Crippen MR) is 91.0 cm³/mol. The van der Waals surface area contributed by atoms with E-state index in [9.17, 15) is 0 Å². The van der Waals surface area contributed by atoms with E-state index in [0.29, 0.717) is 0 Å². The molecule has 2 rings (SSSR count). The highest BCUT2D eigenvalue weighted by Gasteiger charge is 2.23. The van der Waals surface area contributed by atoms with Crippen LogP contribution in [0.4, 0.5) is 0 Å². The smallest absolute Gasteiger partial charge is 0.0177 e. The van der Waals surface area contributed by atoms with Gasteiger partial charge in [-0.05, 0) is 61.8 Å². The summed E-state index contributed by atoms with van der Waals surface area (Å²) >= 11 is 3.59. The van der Waals surface area contributed by atoms with Crippen LogP contribution in [-0.2, 0) is 6.42 Å². The Balaban J connectivity index is 1.92.